The largest absolute Gasteiger partial charge is 0.477 e. The summed E-state index contributed by atoms with van der Waals surface area (Å²) in [6, 6.07) is 6.59. The van der Waals surface area contributed by atoms with Crippen molar-refractivity contribution in [1.29, 1.82) is 0 Å². The van der Waals surface area contributed by atoms with Gasteiger partial charge in [-0.3, -0.25) is 5.10 Å². The molecule has 18 heavy (non-hydrogen) atoms. The molecule has 0 amide bonds. The molecule has 0 saturated carbocycles. The summed E-state index contributed by atoms with van der Waals surface area (Å²) < 4.78 is 5.74. The first kappa shape index (κ1) is 10.7. The van der Waals surface area contributed by atoms with Gasteiger partial charge in [0.1, 0.15) is 11.3 Å². The Morgan fingerprint density at radius 2 is 2.22 bits per heavy atom. The molecule has 0 radical (unpaired) electrons. The molecule has 0 atom stereocenters. The van der Waals surface area contributed by atoms with Crippen molar-refractivity contribution in [3.63, 3.8) is 0 Å². The fourth-order valence-electron chi connectivity index (χ4n) is 1.61. The van der Waals surface area contributed by atoms with Gasteiger partial charge in [-0.1, -0.05) is 17.4 Å². The monoisotopic (exact) mass is 262 g/mol. The van der Waals surface area contributed by atoms with E-state index in [1.807, 2.05) is 0 Å². The lowest BCUT2D eigenvalue weighted by atomic mass is 10.1. The van der Waals surface area contributed by atoms with Gasteiger partial charge in [0.05, 0.1) is 10.4 Å². The molecule has 1 aromatic carbocycles. The molecule has 0 unspecified atom stereocenters. The van der Waals surface area contributed by atoms with Gasteiger partial charge in [-0.2, -0.15) is 5.10 Å². The number of rotatable bonds is 2. The zero-order valence-corrected chi connectivity index (χ0v) is 9.65. The lowest BCUT2D eigenvalue weighted by Crippen LogP contribution is -1.95. The SMILES string of the molecule is O=C(O)c1cc(-c2ccc3sc(=O)oc3c2)n[nH]1. The van der Waals surface area contributed by atoms with Crippen LogP contribution in [-0.2, 0) is 0 Å². The molecule has 0 bridgehead atoms. The number of carboxylic acid groups (broad SMARTS) is 1. The summed E-state index contributed by atoms with van der Waals surface area (Å²) in [6.45, 7) is 0. The highest BCUT2D eigenvalue weighted by atomic mass is 32.1. The number of nitrogens with one attached hydrogen (secondary N) is 1. The first-order valence-corrected chi connectivity index (χ1v) is 5.78. The van der Waals surface area contributed by atoms with Crippen molar-refractivity contribution < 1.29 is 14.3 Å². The molecule has 7 heteroatoms. The molecule has 2 aromatic heterocycles. The predicted molar refractivity (Wildman–Crippen MR) is 64.9 cm³/mol. The summed E-state index contributed by atoms with van der Waals surface area (Å²) in [5.74, 6) is -1.07. The van der Waals surface area contributed by atoms with E-state index in [2.05, 4.69) is 10.2 Å². The summed E-state index contributed by atoms with van der Waals surface area (Å²) in [7, 11) is 0. The number of hydrogen-bond donors (Lipinski definition) is 2. The van der Waals surface area contributed by atoms with Crippen molar-refractivity contribution in [1.82, 2.24) is 10.2 Å². The third kappa shape index (κ3) is 1.70. The van der Waals surface area contributed by atoms with Crippen LogP contribution in [0.3, 0.4) is 0 Å². The van der Waals surface area contributed by atoms with E-state index >= 15 is 0 Å². The van der Waals surface area contributed by atoms with Crippen molar-refractivity contribution in [2.45, 2.75) is 0 Å². The highest BCUT2D eigenvalue weighted by Gasteiger charge is 2.10. The van der Waals surface area contributed by atoms with Gasteiger partial charge >= 0.3 is 10.9 Å². The van der Waals surface area contributed by atoms with Gasteiger partial charge in [0.15, 0.2) is 0 Å². The summed E-state index contributed by atoms with van der Waals surface area (Å²) in [4.78, 5) is 21.4. The molecular formula is C11H6N2O4S. The third-order valence-corrected chi connectivity index (χ3v) is 3.24. The second-order valence-corrected chi connectivity index (χ2v) is 4.56. The smallest absolute Gasteiger partial charge is 0.396 e. The Balaban J connectivity index is 2.12. The number of fused-ring (bicyclic) bond motifs is 1. The molecule has 0 aliphatic heterocycles. The molecule has 90 valence electrons. The van der Waals surface area contributed by atoms with E-state index in [0.29, 0.717) is 16.8 Å². The fraction of sp³-hybridized carbons (Fsp3) is 0. The molecule has 0 saturated heterocycles. The number of H-pyrrole nitrogens is 1. The van der Waals surface area contributed by atoms with E-state index < -0.39 is 5.97 Å². The minimum absolute atomic E-state index is 0.0110. The van der Waals surface area contributed by atoms with Gasteiger partial charge in [0.2, 0.25) is 0 Å². The third-order valence-electron chi connectivity index (χ3n) is 2.43. The highest BCUT2D eigenvalue weighted by molar-refractivity contribution is 7.16. The number of hydrogen-bond acceptors (Lipinski definition) is 5. The average molecular weight is 262 g/mol. The number of carboxylic acids is 1. The molecule has 0 aliphatic carbocycles. The molecule has 3 rings (SSSR count). The van der Waals surface area contributed by atoms with Crippen LogP contribution in [0, 0.1) is 0 Å². The minimum atomic E-state index is -1.07. The Morgan fingerprint density at radius 3 is 2.94 bits per heavy atom. The first-order valence-electron chi connectivity index (χ1n) is 4.96. The van der Waals surface area contributed by atoms with Crippen molar-refractivity contribution in [3.05, 3.63) is 39.7 Å². The van der Waals surface area contributed by atoms with E-state index in [1.54, 1.807) is 18.2 Å². The van der Waals surface area contributed by atoms with Gasteiger partial charge < -0.3 is 9.52 Å². The summed E-state index contributed by atoms with van der Waals surface area (Å²) in [6.07, 6.45) is 0. The molecule has 0 fully saturated rings. The van der Waals surface area contributed by atoms with Crippen molar-refractivity contribution in [2.75, 3.05) is 0 Å². The normalized spacial score (nSPS) is 10.9. The fourth-order valence-corrected chi connectivity index (χ4v) is 2.26. The molecular weight excluding hydrogens is 256 g/mol. The zero-order chi connectivity index (χ0) is 12.7. The van der Waals surface area contributed by atoms with Crippen molar-refractivity contribution in [2.24, 2.45) is 0 Å². The van der Waals surface area contributed by atoms with Crippen LogP contribution in [0.1, 0.15) is 10.5 Å². The second kappa shape index (κ2) is 3.81. The van der Waals surface area contributed by atoms with E-state index in [0.717, 1.165) is 16.0 Å². The molecule has 6 nitrogen and oxygen atoms in total. The quantitative estimate of drug-likeness (QED) is 0.735. The van der Waals surface area contributed by atoms with Gasteiger partial charge in [-0.25, -0.2) is 9.59 Å². The summed E-state index contributed by atoms with van der Waals surface area (Å²) in [5, 5.41) is 15.1. The number of carbonyl (C=O) groups is 1. The van der Waals surface area contributed by atoms with Gasteiger partial charge in [-0.05, 0) is 18.2 Å². The van der Waals surface area contributed by atoms with Crippen LogP contribution in [0.5, 0.6) is 0 Å². The van der Waals surface area contributed by atoms with Crippen LogP contribution in [0.2, 0.25) is 0 Å². The van der Waals surface area contributed by atoms with Crippen LogP contribution in [-0.4, -0.2) is 21.3 Å². The number of nitrogens with zero attached hydrogens (tertiary/aromatic N) is 1. The maximum absolute atomic E-state index is 11.1. The molecule has 0 aliphatic rings. The number of aromatic nitrogens is 2. The molecule has 2 heterocycles. The van der Waals surface area contributed by atoms with E-state index in [1.165, 1.54) is 6.07 Å². The summed E-state index contributed by atoms with van der Waals surface area (Å²) in [5.41, 5.74) is 1.66. The van der Waals surface area contributed by atoms with Crippen LogP contribution >= 0.6 is 11.3 Å². The van der Waals surface area contributed by atoms with Crippen molar-refractivity contribution >= 4 is 27.6 Å². The molecule has 2 N–H and O–H groups in total. The van der Waals surface area contributed by atoms with Crippen LogP contribution < -0.4 is 4.94 Å². The average Bonchev–Trinajstić information content (AvgIpc) is 2.91. The standard InChI is InChI=1S/C11H6N2O4S/c14-10(15)7-4-6(12-13-7)5-1-2-9-8(3-5)17-11(16)18-9/h1-4H,(H,12,13)(H,14,15). The maximum atomic E-state index is 11.1. The maximum Gasteiger partial charge on any atom is 0.396 e. The lowest BCUT2D eigenvalue weighted by Gasteiger charge is -1.94. The molecule has 3 aromatic rings. The Morgan fingerprint density at radius 1 is 1.39 bits per heavy atom. The number of benzene rings is 1. The van der Waals surface area contributed by atoms with Gasteiger partial charge in [0.25, 0.3) is 0 Å². The van der Waals surface area contributed by atoms with Crippen LogP contribution in [0.15, 0.2) is 33.5 Å². The Bertz CT molecular complexity index is 799. The zero-order valence-electron chi connectivity index (χ0n) is 8.84. The Hall–Kier alpha value is -2.41. The van der Waals surface area contributed by atoms with E-state index in [9.17, 15) is 9.59 Å². The number of aromatic amines is 1. The van der Waals surface area contributed by atoms with Crippen molar-refractivity contribution in [3.8, 4) is 11.3 Å². The Labute approximate surface area is 103 Å². The highest BCUT2D eigenvalue weighted by Crippen LogP contribution is 2.24. The minimum Gasteiger partial charge on any atom is -0.477 e. The number of aromatic carboxylic acids is 1. The molecule has 0 spiro atoms. The van der Waals surface area contributed by atoms with E-state index in [4.69, 9.17) is 9.52 Å². The van der Waals surface area contributed by atoms with Crippen LogP contribution in [0.4, 0.5) is 0 Å². The topological polar surface area (TPSA) is 96.2 Å². The Kier molecular flexibility index (Phi) is 2.27. The second-order valence-electron chi connectivity index (χ2n) is 3.59. The summed E-state index contributed by atoms with van der Waals surface area (Å²) >= 11 is 1.02. The van der Waals surface area contributed by atoms with E-state index in [-0.39, 0.29) is 10.6 Å². The van der Waals surface area contributed by atoms with Gasteiger partial charge in [0, 0.05) is 5.56 Å². The van der Waals surface area contributed by atoms with Crippen LogP contribution in [0.25, 0.3) is 21.5 Å². The van der Waals surface area contributed by atoms with Gasteiger partial charge in [-0.15, -0.1) is 0 Å². The first-order chi connectivity index (χ1) is 8.63. The predicted octanol–water partition coefficient (Wildman–Crippen LogP) is 1.94. The lowest BCUT2D eigenvalue weighted by molar-refractivity contribution is 0.0690.